The van der Waals surface area contributed by atoms with Crippen molar-refractivity contribution in [2.45, 2.75) is 38.0 Å². The number of phenols is 1. The molecule has 0 aromatic heterocycles. The van der Waals surface area contributed by atoms with Gasteiger partial charge in [0.25, 0.3) is 10.1 Å². The van der Waals surface area contributed by atoms with E-state index in [9.17, 15) is 13.5 Å². The minimum atomic E-state index is -4.22. The molecule has 0 unspecified atom stereocenters. The van der Waals surface area contributed by atoms with E-state index >= 15 is 0 Å². The van der Waals surface area contributed by atoms with E-state index in [0.717, 1.165) is 5.56 Å². The minimum Gasteiger partial charge on any atom is -0.507 e. The number of hydrogen-bond acceptors (Lipinski definition) is 5. The molecule has 2 aromatic carbocycles. The third-order valence-corrected chi connectivity index (χ3v) is 4.38. The summed E-state index contributed by atoms with van der Waals surface area (Å²) in [6.07, 6.45) is 0. The topological polar surface area (TPSA) is 99.3 Å². The molecule has 0 aliphatic carbocycles. The van der Waals surface area contributed by atoms with E-state index in [2.05, 4.69) is 10.2 Å². The van der Waals surface area contributed by atoms with Crippen LogP contribution in [-0.4, -0.2) is 18.1 Å². The maximum atomic E-state index is 11.0. The summed E-state index contributed by atoms with van der Waals surface area (Å²) >= 11 is 0. The molecule has 2 rings (SSSR count). The summed E-state index contributed by atoms with van der Waals surface area (Å²) in [5.74, 6) is 0.249. The quantitative estimate of drug-likeness (QED) is 0.622. The minimum absolute atomic E-state index is 0.197. The van der Waals surface area contributed by atoms with Crippen molar-refractivity contribution in [3.05, 3.63) is 47.5 Å². The number of aromatic hydroxyl groups is 1. The maximum Gasteiger partial charge on any atom is 0.294 e. The summed E-state index contributed by atoms with van der Waals surface area (Å²) in [6, 6.07) is 8.91. The average Bonchev–Trinajstić information content (AvgIpc) is 2.46. The number of nitrogens with zero attached hydrogens (tertiary/aromatic N) is 2. The zero-order chi connectivity index (χ0) is 18.1. The number of phenolic OH excluding ortho intramolecular Hbond substituents is 1. The molecule has 0 aliphatic heterocycles. The van der Waals surface area contributed by atoms with Gasteiger partial charge < -0.3 is 5.11 Å². The Bertz CT molecular complexity index is 880. The lowest BCUT2D eigenvalue weighted by Gasteiger charge is -2.21. The van der Waals surface area contributed by atoms with Crippen molar-refractivity contribution in [1.29, 1.82) is 0 Å². The van der Waals surface area contributed by atoms with E-state index < -0.39 is 10.1 Å². The molecule has 7 heteroatoms. The van der Waals surface area contributed by atoms with Gasteiger partial charge in [0.05, 0.1) is 16.3 Å². The first-order valence-corrected chi connectivity index (χ1v) is 8.76. The first-order chi connectivity index (χ1) is 11.0. The van der Waals surface area contributed by atoms with Crippen LogP contribution in [0.5, 0.6) is 5.75 Å². The lowest BCUT2D eigenvalue weighted by molar-refractivity contribution is 0.443. The van der Waals surface area contributed by atoms with Crippen LogP contribution in [0.1, 0.15) is 31.9 Å². The molecule has 0 saturated heterocycles. The maximum absolute atomic E-state index is 11.0. The number of benzene rings is 2. The molecule has 0 bridgehead atoms. The van der Waals surface area contributed by atoms with Crippen molar-refractivity contribution in [3.8, 4) is 5.75 Å². The second kappa shape index (κ2) is 6.33. The summed E-state index contributed by atoms with van der Waals surface area (Å²) < 4.78 is 30.9. The van der Waals surface area contributed by atoms with Crippen LogP contribution in [0.25, 0.3) is 0 Å². The van der Waals surface area contributed by atoms with E-state index in [1.165, 1.54) is 24.3 Å². The fourth-order valence-electron chi connectivity index (χ4n) is 2.19. The molecule has 128 valence electrons. The molecule has 0 atom stereocenters. The molecule has 24 heavy (non-hydrogen) atoms. The van der Waals surface area contributed by atoms with Crippen LogP contribution >= 0.6 is 0 Å². The third kappa shape index (κ3) is 4.18. The molecule has 0 aliphatic rings. The van der Waals surface area contributed by atoms with Crippen molar-refractivity contribution in [1.82, 2.24) is 0 Å². The molecule has 0 saturated carbocycles. The van der Waals surface area contributed by atoms with Crippen LogP contribution in [0.3, 0.4) is 0 Å². The van der Waals surface area contributed by atoms with E-state index in [1.54, 1.807) is 19.1 Å². The zero-order valence-electron chi connectivity index (χ0n) is 14.0. The first kappa shape index (κ1) is 18.1. The van der Waals surface area contributed by atoms with Gasteiger partial charge in [0.15, 0.2) is 0 Å². The van der Waals surface area contributed by atoms with Gasteiger partial charge in [-0.25, -0.2) is 0 Å². The van der Waals surface area contributed by atoms with Crippen LogP contribution in [0, 0.1) is 6.92 Å². The molecule has 0 radical (unpaired) electrons. The van der Waals surface area contributed by atoms with Gasteiger partial charge in [0.1, 0.15) is 5.75 Å². The molecule has 0 heterocycles. The van der Waals surface area contributed by atoms with Gasteiger partial charge in [-0.1, -0.05) is 20.8 Å². The number of rotatable bonds is 3. The Hall–Kier alpha value is -2.25. The zero-order valence-corrected chi connectivity index (χ0v) is 14.8. The average molecular weight is 348 g/mol. The van der Waals surface area contributed by atoms with E-state index in [-0.39, 0.29) is 16.1 Å². The molecule has 2 aromatic rings. The van der Waals surface area contributed by atoms with Gasteiger partial charge in [0.2, 0.25) is 0 Å². The van der Waals surface area contributed by atoms with E-state index in [4.69, 9.17) is 4.55 Å². The van der Waals surface area contributed by atoms with Crippen LogP contribution in [0.4, 0.5) is 11.4 Å². The van der Waals surface area contributed by atoms with Gasteiger partial charge in [0, 0.05) is 5.56 Å². The Morgan fingerprint density at radius 1 is 0.958 bits per heavy atom. The highest BCUT2D eigenvalue weighted by Gasteiger charge is 2.20. The van der Waals surface area contributed by atoms with Crippen molar-refractivity contribution in [2.75, 3.05) is 0 Å². The molecular formula is C17H20N2O4S. The normalized spacial score (nSPS) is 12.7. The second-order valence-electron chi connectivity index (χ2n) is 6.58. The van der Waals surface area contributed by atoms with Gasteiger partial charge in [-0.2, -0.15) is 18.6 Å². The van der Waals surface area contributed by atoms with Crippen LogP contribution in [-0.2, 0) is 15.5 Å². The molecule has 0 spiro atoms. The molecule has 0 amide bonds. The lowest BCUT2D eigenvalue weighted by atomic mass is 9.85. The predicted molar refractivity (Wildman–Crippen MR) is 92.0 cm³/mol. The Morgan fingerprint density at radius 2 is 1.50 bits per heavy atom. The Morgan fingerprint density at radius 3 is 2.00 bits per heavy atom. The van der Waals surface area contributed by atoms with Crippen molar-refractivity contribution in [3.63, 3.8) is 0 Å². The number of aryl methyl sites for hydroxylation is 1. The summed E-state index contributed by atoms with van der Waals surface area (Å²) in [4.78, 5) is -0.197. The van der Waals surface area contributed by atoms with Crippen molar-refractivity contribution < 1.29 is 18.1 Å². The fraction of sp³-hybridized carbons (Fsp3) is 0.294. The van der Waals surface area contributed by atoms with Crippen molar-refractivity contribution in [2.24, 2.45) is 10.2 Å². The highest BCUT2D eigenvalue weighted by atomic mass is 32.2. The summed E-state index contributed by atoms with van der Waals surface area (Å²) in [5, 5.41) is 18.4. The molecule has 6 nitrogen and oxygen atoms in total. The summed E-state index contributed by atoms with van der Waals surface area (Å²) in [7, 11) is -4.22. The first-order valence-electron chi connectivity index (χ1n) is 7.32. The smallest absolute Gasteiger partial charge is 0.294 e. The van der Waals surface area contributed by atoms with Gasteiger partial charge in [-0.15, -0.1) is 0 Å². The Labute approximate surface area is 141 Å². The Kier molecular flexibility index (Phi) is 4.77. The van der Waals surface area contributed by atoms with Gasteiger partial charge >= 0.3 is 0 Å². The summed E-state index contributed by atoms with van der Waals surface area (Å²) in [5.41, 5.74) is 2.29. The Balaban J connectivity index is 2.34. The van der Waals surface area contributed by atoms with Crippen molar-refractivity contribution >= 4 is 21.5 Å². The number of azo groups is 1. The number of hydrogen-bond donors (Lipinski definition) is 2. The molecule has 2 N–H and O–H groups in total. The second-order valence-corrected chi connectivity index (χ2v) is 8.00. The van der Waals surface area contributed by atoms with Crippen LogP contribution in [0.15, 0.2) is 51.5 Å². The lowest BCUT2D eigenvalue weighted by Crippen LogP contribution is -2.11. The molecular weight excluding hydrogens is 328 g/mol. The van der Waals surface area contributed by atoms with Crippen LogP contribution < -0.4 is 0 Å². The van der Waals surface area contributed by atoms with Gasteiger partial charge in [-0.05, 0) is 54.3 Å². The highest BCUT2D eigenvalue weighted by molar-refractivity contribution is 7.85. The predicted octanol–water partition coefficient (Wildman–Crippen LogP) is 4.66. The van der Waals surface area contributed by atoms with E-state index in [0.29, 0.717) is 16.9 Å². The van der Waals surface area contributed by atoms with E-state index in [1.807, 2.05) is 20.8 Å². The third-order valence-electron chi connectivity index (χ3n) is 3.51. The fourth-order valence-corrected chi connectivity index (χ4v) is 2.67. The standard InChI is InChI=1S/C17H20N2O4S/c1-11-9-13(10-15(16(11)20)17(2,3)4)19-18-12-5-7-14(8-6-12)24(21,22)23/h5-10,20H,1-4H3,(H,21,22,23). The van der Waals surface area contributed by atoms with Crippen LogP contribution in [0.2, 0.25) is 0 Å². The molecule has 0 fully saturated rings. The largest absolute Gasteiger partial charge is 0.507 e. The SMILES string of the molecule is Cc1cc(N=Nc2ccc(S(=O)(=O)O)cc2)cc(C(C)(C)C)c1O. The van der Waals surface area contributed by atoms with Gasteiger partial charge in [-0.3, -0.25) is 4.55 Å². The summed E-state index contributed by atoms with van der Waals surface area (Å²) in [6.45, 7) is 7.79. The monoisotopic (exact) mass is 348 g/mol. The highest BCUT2D eigenvalue weighted by Crippen LogP contribution is 2.36.